The molecule has 5 nitrogen and oxygen atoms in total. The minimum absolute atomic E-state index is 0.0727. The smallest absolute Gasteiger partial charge is 0.303 e. The summed E-state index contributed by atoms with van der Waals surface area (Å²) >= 11 is 0. The van der Waals surface area contributed by atoms with E-state index >= 15 is 0 Å². The third kappa shape index (κ3) is 2.76. The molecule has 0 bridgehead atoms. The van der Waals surface area contributed by atoms with Gasteiger partial charge in [0.25, 0.3) is 11.8 Å². The number of aliphatic carboxylic acids is 1. The van der Waals surface area contributed by atoms with Gasteiger partial charge in [-0.15, -0.1) is 0 Å². The van der Waals surface area contributed by atoms with Crippen molar-refractivity contribution in [2.45, 2.75) is 32.2 Å². The first kappa shape index (κ1) is 15.1. The highest BCUT2D eigenvalue weighted by Crippen LogP contribution is 2.28. The molecule has 0 saturated carbocycles. The molecule has 112 valence electrons. The van der Waals surface area contributed by atoms with Gasteiger partial charge >= 0.3 is 5.97 Å². The third-order valence-corrected chi connectivity index (χ3v) is 3.41. The predicted octanol–water partition coefficient (Wildman–Crippen LogP) is 2.20. The minimum Gasteiger partial charge on any atom is -0.481 e. The standard InChI is InChI=1S/C14H13F2NO4/c1-7(3-2-4-12(18)19)17-13(20)8-5-10(15)11(16)6-9(8)14(17)21/h5-7H,2-4H2,1H3,(H,18,19). The summed E-state index contributed by atoms with van der Waals surface area (Å²) in [6.45, 7) is 1.59. The Hall–Kier alpha value is -2.31. The summed E-state index contributed by atoms with van der Waals surface area (Å²) < 4.78 is 26.3. The molecule has 0 saturated heterocycles. The second-order valence-electron chi connectivity index (χ2n) is 4.93. The molecule has 1 N–H and O–H groups in total. The molecule has 1 aromatic rings. The van der Waals surface area contributed by atoms with Crippen molar-refractivity contribution in [1.82, 2.24) is 4.90 Å². The van der Waals surface area contributed by atoms with E-state index in [0.717, 1.165) is 17.0 Å². The first-order chi connectivity index (χ1) is 9.82. The number of rotatable bonds is 5. The molecule has 1 atom stereocenters. The number of benzene rings is 1. The maximum absolute atomic E-state index is 13.2. The first-order valence-electron chi connectivity index (χ1n) is 6.41. The van der Waals surface area contributed by atoms with Crippen LogP contribution in [0, 0.1) is 11.6 Å². The van der Waals surface area contributed by atoms with Crippen molar-refractivity contribution >= 4 is 17.8 Å². The van der Waals surface area contributed by atoms with Crippen LogP contribution in [-0.2, 0) is 4.79 Å². The van der Waals surface area contributed by atoms with Crippen LogP contribution in [0.1, 0.15) is 46.9 Å². The van der Waals surface area contributed by atoms with Crippen LogP contribution >= 0.6 is 0 Å². The van der Waals surface area contributed by atoms with Gasteiger partial charge in [-0.05, 0) is 31.9 Å². The zero-order chi connectivity index (χ0) is 15.7. The second kappa shape index (κ2) is 5.59. The Morgan fingerprint density at radius 2 is 1.67 bits per heavy atom. The molecule has 21 heavy (non-hydrogen) atoms. The van der Waals surface area contributed by atoms with E-state index in [1.165, 1.54) is 0 Å². The van der Waals surface area contributed by atoms with Gasteiger partial charge in [0.05, 0.1) is 11.1 Å². The van der Waals surface area contributed by atoms with E-state index in [4.69, 9.17) is 5.11 Å². The molecule has 1 aliphatic rings. The van der Waals surface area contributed by atoms with Crippen molar-refractivity contribution in [1.29, 1.82) is 0 Å². The average Bonchev–Trinajstić information content (AvgIpc) is 2.62. The molecule has 1 aromatic carbocycles. The molecule has 0 fully saturated rings. The van der Waals surface area contributed by atoms with E-state index in [2.05, 4.69) is 0 Å². The number of imide groups is 1. The number of halogens is 2. The summed E-state index contributed by atoms with van der Waals surface area (Å²) in [5, 5.41) is 8.57. The normalized spacial score (nSPS) is 15.3. The lowest BCUT2D eigenvalue weighted by Gasteiger charge is -2.22. The van der Waals surface area contributed by atoms with Crippen molar-refractivity contribution in [2.75, 3.05) is 0 Å². The van der Waals surface area contributed by atoms with Crippen LogP contribution in [0.5, 0.6) is 0 Å². The van der Waals surface area contributed by atoms with Crippen LogP contribution < -0.4 is 0 Å². The summed E-state index contributed by atoms with van der Waals surface area (Å²) in [4.78, 5) is 35.6. The summed E-state index contributed by atoms with van der Waals surface area (Å²) in [7, 11) is 0. The van der Waals surface area contributed by atoms with Gasteiger partial charge in [-0.1, -0.05) is 0 Å². The molecule has 1 unspecified atom stereocenters. The first-order valence-corrected chi connectivity index (χ1v) is 6.41. The largest absolute Gasteiger partial charge is 0.481 e. The third-order valence-electron chi connectivity index (χ3n) is 3.41. The molecule has 2 amide bonds. The van der Waals surface area contributed by atoms with E-state index in [9.17, 15) is 23.2 Å². The number of hydrogen-bond acceptors (Lipinski definition) is 3. The van der Waals surface area contributed by atoms with Crippen molar-refractivity contribution in [3.05, 3.63) is 34.9 Å². The Morgan fingerprint density at radius 1 is 1.19 bits per heavy atom. The number of amides is 2. The molecule has 2 rings (SSSR count). The fourth-order valence-electron chi connectivity index (χ4n) is 2.33. The molecule has 0 aromatic heterocycles. The lowest BCUT2D eigenvalue weighted by atomic mass is 10.1. The average molecular weight is 297 g/mol. The van der Waals surface area contributed by atoms with Gasteiger partial charge < -0.3 is 5.11 Å². The highest BCUT2D eigenvalue weighted by molar-refractivity contribution is 6.21. The zero-order valence-corrected chi connectivity index (χ0v) is 11.2. The van der Waals surface area contributed by atoms with Crippen LogP contribution in [0.3, 0.4) is 0 Å². The Balaban J connectivity index is 2.19. The molecular formula is C14H13F2NO4. The topological polar surface area (TPSA) is 74.7 Å². The maximum atomic E-state index is 13.2. The number of carbonyl (C=O) groups excluding carboxylic acids is 2. The van der Waals surface area contributed by atoms with Crippen LogP contribution in [0.4, 0.5) is 8.78 Å². The predicted molar refractivity (Wildman–Crippen MR) is 67.8 cm³/mol. The van der Waals surface area contributed by atoms with Crippen LogP contribution in [0.2, 0.25) is 0 Å². The van der Waals surface area contributed by atoms with Gasteiger partial charge in [0, 0.05) is 12.5 Å². The highest BCUT2D eigenvalue weighted by atomic mass is 19.2. The monoisotopic (exact) mass is 297 g/mol. The Morgan fingerprint density at radius 3 is 2.10 bits per heavy atom. The van der Waals surface area contributed by atoms with E-state index in [1.54, 1.807) is 6.92 Å². The molecular weight excluding hydrogens is 284 g/mol. The molecule has 1 heterocycles. The Labute approximate surface area is 119 Å². The number of fused-ring (bicyclic) bond motifs is 1. The van der Waals surface area contributed by atoms with Crippen molar-refractivity contribution in [3.8, 4) is 0 Å². The van der Waals surface area contributed by atoms with Gasteiger partial charge in [-0.2, -0.15) is 0 Å². The number of carboxylic acids is 1. The van der Waals surface area contributed by atoms with Gasteiger partial charge in [-0.3, -0.25) is 19.3 Å². The van der Waals surface area contributed by atoms with Crippen molar-refractivity contribution < 1.29 is 28.3 Å². The van der Waals surface area contributed by atoms with Crippen LogP contribution in [0.15, 0.2) is 12.1 Å². The van der Waals surface area contributed by atoms with Crippen molar-refractivity contribution in [2.24, 2.45) is 0 Å². The van der Waals surface area contributed by atoms with Gasteiger partial charge in [0.2, 0.25) is 0 Å². The Kier molecular flexibility index (Phi) is 4.02. The fourth-order valence-corrected chi connectivity index (χ4v) is 2.33. The molecule has 0 aliphatic carbocycles. The second-order valence-corrected chi connectivity index (χ2v) is 4.93. The lowest BCUT2D eigenvalue weighted by Crippen LogP contribution is -2.38. The summed E-state index contributed by atoms with van der Waals surface area (Å²) in [6.07, 6.45) is 0.534. The number of nitrogens with zero attached hydrogens (tertiary/aromatic N) is 1. The maximum Gasteiger partial charge on any atom is 0.303 e. The number of carbonyl (C=O) groups is 3. The molecule has 1 aliphatic heterocycles. The summed E-state index contributed by atoms with van der Waals surface area (Å²) in [5.74, 6) is -4.70. The molecule has 7 heteroatoms. The minimum atomic E-state index is -1.18. The van der Waals surface area contributed by atoms with Crippen LogP contribution in [0.25, 0.3) is 0 Å². The molecule has 0 radical (unpaired) electrons. The van der Waals surface area contributed by atoms with Gasteiger partial charge in [-0.25, -0.2) is 8.78 Å². The molecule has 0 spiro atoms. The van der Waals surface area contributed by atoms with Crippen molar-refractivity contribution in [3.63, 3.8) is 0 Å². The Bertz CT molecular complexity index is 589. The van der Waals surface area contributed by atoms with Gasteiger partial charge in [0.1, 0.15) is 0 Å². The van der Waals surface area contributed by atoms with E-state index < -0.39 is 35.5 Å². The number of carboxylic acid groups (broad SMARTS) is 1. The number of hydrogen-bond donors (Lipinski definition) is 1. The van der Waals surface area contributed by atoms with Gasteiger partial charge in [0.15, 0.2) is 11.6 Å². The zero-order valence-electron chi connectivity index (χ0n) is 11.2. The van der Waals surface area contributed by atoms with E-state index in [-0.39, 0.29) is 17.5 Å². The fraction of sp³-hybridized carbons (Fsp3) is 0.357. The van der Waals surface area contributed by atoms with Crippen LogP contribution in [-0.4, -0.2) is 33.8 Å². The SMILES string of the molecule is CC(CCCC(=O)O)N1C(=O)c2cc(F)c(F)cc2C1=O. The van der Waals surface area contributed by atoms with E-state index in [1.807, 2.05) is 0 Å². The quantitative estimate of drug-likeness (QED) is 0.845. The van der Waals surface area contributed by atoms with E-state index in [0.29, 0.717) is 12.8 Å². The highest BCUT2D eigenvalue weighted by Gasteiger charge is 2.39. The summed E-state index contributed by atoms with van der Waals surface area (Å²) in [6, 6.07) is 0.895. The lowest BCUT2D eigenvalue weighted by molar-refractivity contribution is -0.137. The summed E-state index contributed by atoms with van der Waals surface area (Å²) in [5.41, 5.74) is -0.326.